The number of benzene rings is 3. The number of hydrogen-bond acceptors (Lipinski definition) is 4. The molecule has 1 N–H and O–H groups in total. The maximum atomic E-state index is 14.9. The van der Waals surface area contributed by atoms with Crippen LogP contribution in [0.2, 0.25) is 10.0 Å². The Morgan fingerprint density at radius 1 is 1.07 bits per heavy atom. The first kappa shape index (κ1) is 33.2. The summed E-state index contributed by atoms with van der Waals surface area (Å²) in [7, 11) is -4.10. The van der Waals surface area contributed by atoms with Crippen molar-refractivity contribution in [3.8, 4) is 0 Å². The van der Waals surface area contributed by atoms with Crippen LogP contribution in [0.15, 0.2) is 85.5 Å². The van der Waals surface area contributed by atoms with E-state index in [-0.39, 0.29) is 24.3 Å². The van der Waals surface area contributed by atoms with Gasteiger partial charge in [-0.15, -0.1) is 6.58 Å². The summed E-state index contributed by atoms with van der Waals surface area (Å²) >= 11 is 12.7. The second-order valence-corrected chi connectivity index (χ2v) is 15.2. The molecule has 10 heteroatoms. The molecule has 1 saturated carbocycles. The largest absolute Gasteiger partial charge is 0.481 e. The Balaban J connectivity index is 1.70. The van der Waals surface area contributed by atoms with Gasteiger partial charge in [0.2, 0.25) is 5.91 Å². The molecule has 0 radical (unpaired) electrons. The number of amides is 1. The smallest absolute Gasteiger partial charge is 0.304 e. The van der Waals surface area contributed by atoms with Crippen LogP contribution in [-0.4, -0.2) is 42.1 Å². The molecule has 2 aliphatic rings. The predicted molar refractivity (Wildman–Crippen MR) is 174 cm³/mol. The van der Waals surface area contributed by atoms with Gasteiger partial charge in [-0.1, -0.05) is 78.7 Å². The zero-order valence-corrected chi connectivity index (χ0v) is 27.2. The van der Waals surface area contributed by atoms with E-state index >= 15 is 0 Å². The Hall–Kier alpha value is -3.20. The predicted octanol–water partition coefficient (Wildman–Crippen LogP) is 8.18. The summed E-state index contributed by atoms with van der Waals surface area (Å²) in [5, 5.41) is 9.70. The molecule has 1 amide bonds. The molecule has 1 heterocycles. The third-order valence-corrected chi connectivity index (χ3v) is 11.9. The summed E-state index contributed by atoms with van der Waals surface area (Å²) in [6, 6.07) is 18.7. The number of likely N-dealkylation sites (tertiary alicyclic amines) is 1. The third-order valence-electron chi connectivity index (χ3n) is 9.37. The number of halogens is 3. The minimum Gasteiger partial charge on any atom is -0.481 e. The Morgan fingerprint density at radius 2 is 1.76 bits per heavy atom. The molecule has 3 aromatic rings. The lowest BCUT2D eigenvalue weighted by Crippen LogP contribution is -2.59. The number of rotatable bonds is 12. The second-order valence-electron chi connectivity index (χ2n) is 12.2. The number of piperidine rings is 1. The van der Waals surface area contributed by atoms with E-state index in [1.54, 1.807) is 36.1 Å². The molecule has 5 unspecified atom stereocenters. The summed E-state index contributed by atoms with van der Waals surface area (Å²) in [5.41, 5.74) is 0.264. The van der Waals surface area contributed by atoms with Crippen LogP contribution in [-0.2, 0) is 19.4 Å². The van der Waals surface area contributed by atoms with Gasteiger partial charge in [-0.2, -0.15) is 0 Å². The number of carbonyl (C=O) groups is 2. The highest BCUT2D eigenvalue weighted by molar-refractivity contribution is 7.91. The second kappa shape index (κ2) is 13.3. The van der Waals surface area contributed by atoms with Crippen molar-refractivity contribution in [1.82, 2.24) is 4.90 Å². The molecule has 1 aliphatic carbocycles. The maximum Gasteiger partial charge on any atom is 0.304 e. The van der Waals surface area contributed by atoms with E-state index in [1.807, 2.05) is 30.3 Å². The molecular formula is C35H36Cl2FNO5S. The summed E-state index contributed by atoms with van der Waals surface area (Å²) in [6.07, 6.45) is 2.70. The van der Waals surface area contributed by atoms with Crippen LogP contribution in [0.4, 0.5) is 4.39 Å². The van der Waals surface area contributed by atoms with E-state index in [4.69, 9.17) is 23.2 Å². The van der Waals surface area contributed by atoms with E-state index in [2.05, 4.69) is 6.58 Å². The molecule has 1 saturated heterocycles. The Morgan fingerprint density at radius 3 is 2.33 bits per heavy atom. The fourth-order valence-corrected chi connectivity index (χ4v) is 9.27. The molecule has 5 rings (SSSR count). The van der Waals surface area contributed by atoms with Gasteiger partial charge in [-0.25, -0.2) is 12.8 Å². The summed E-state index contributed by atoms with van der Waals surface area (Å²) < 4.78 is 43.3. The van der Waals surface area contributed by atoms with Crippen molar-refractivity contribution < 1.29 is 27.5 Å². The quantitative estimate of drug-likeness (QED) is 0.196. The van der Waals surface area contributed by atoms with Crippen LogP contribution < -0.4 is 0 Å². The normalized spacial score (nSPS) is 23.4. The third kappa shape index (κ3) is 6.83. The maximum absolute atomic E-state index is 14.9. The number of carbonyl (C=O) groups excluding carboxylic acids is 1. The van der Waals surface area contributed by atoms with Crippen molar-refractivity contribution in [3.63, 3.8) is 0 Å². The molecular weight excluding hydrogens is 636 g/mol. The van der Waals surface area contributed by atoms with Crippen LogP contribution in [0.3, 0.4) is 0 Å². The highest BCUT2D eigenvalue weighted by Gasteiger charge is 2.56. The average molecular weight is 673 g/mol. The van der Waals surface area contributed by atoms with Gasteiger partial charge in [0.1, 0.15) is 11.1 Å². The monoisotopic (exact) mass is 671 g/mol. The molecule has 6 nitrogen and oxygen atoms in total. The zero-order valence-electron chi connectivity index (χ0n) is 24.9. The van der Waals surface area contributed by atoms with Crippen molar-refractivity contribution in [2.75, 3.05) is 5.75 Å². The van der Waals surface area contributed by atoms with Gasteiger partial charge in [0.05, 0.1) is 23.6 Å². The first-order chi connectivity index (χ1) is 21.4. The molecule has 0 spiro atoms. The van der Waals surface area contributed by atoms with E-state index in [0.717, 1.165) is 11.1 Å². The molecule has 5 atom stereocenters. The molecule has 2 fully saturated rings. The number of sulfone groups is 1. The number of nitrogens with zero attached hydrogens (tertiary/aromatic N) is 1. The van der Waals surface area contributed by atoms with Crippen molar-refractivity contribution in [3.05, 3.63) is 118 Å². The first-order valence-electron chi connectivity index (χ1n) is 15.0. The summed E-state index contributed by atoms with van der Waals surface area (Å²) in [6.45, 7) is 5.52. The highest BCUT2D eigenvalue weighted by atomic mass is 35.5. The van der Waals surface area contributed by atoms with Crippen LogP contribution in [0.1, 0.15) is 72.9 Å². The van der Waals surface area contributed by atoms with Crippen LogP contribution in [0.5, 0.6) is 0 Å². The standard InChI is InChI=1S/C35H36Cl2FNO5S/c1-3-31(27-10-5-6-11-29(27)38)45(43,44)21-30(22-12-13-22)39-33(23-14-16-25(36)17-15-23)28(24-8-7-9-26(37)18-24)19-35(4-2,34(39)42)20-32(40)41/h3,5-11,14-18,22,28,30-31,33H,1,4,12-13,19-21H2,2H3,(H,40,41). The Labute approximate surface area is 273 Å². The Bertz CT molecular complexity index is 1690. The zero-order chi connectivity index (χ0) is 32.5. The molecule has 0 aromatic heterocycles. The fourth-order valence-electron chi connectivity index (χ4n) is 6.96. The minimum atomic E-state index is -4.10. The van der Waals surface area contributed by atoms with Crippen LogP contribution in [0.25, 0.3) is 0 Å². The number of carboxylic acids is 1. The van der Waals surface area contributed by atoms with Crippen LogP contribution >= 0.6 is 23.2 Å². The van der Waals surface area contributed by atoms with Gasteiger partial charge >= 0.3 is 5.97 Å². The van der Waals surface area contributed by atoms with E-state index in [1.165, 1.54) is 24.3 Å². The van der Waals surface area contributed by atoms with E-state index in [9.17, 15) is 27.5 Å². The van der Waals surface area contributed by atoms with Crippen molar-refractivity contribution in [2.24, 2.45) is 11.3 Å². The van der Waals surface area contributed by atoms with Gasteiger partial charge in [0.25, 0.3) is 0 Å². The van der Waals surface area contributed by atoms with Crippen molar-refractivity contribution in [2.45, 2.75) is 62.3 Å². The Kier molecular flexibility index (Phi) is 9.78. The number of hydrogen-bond donors (Lipinski definition) is 1. The SMILES string of the molecule is C=CC(c1ccccc1F)S(=O)(=O)CC(C1CC1)N1C(=O)C(CC)(CC(=O)O)CC(c2cccc(Cl)c2)C1c1ccc(Cl)cc1. The molecule has 0 bridgehead atoms. The minimum absolute atomic E-state index is 0.00754. The van der Waals surface area contributed by atoms with Gasteiger partial charge < -0.3 is 10.0 Å². The fraction of sp³-hybridized carbons (Fsp3) is 0.371. The number of carboxylic acid groups (broad SMARTS) is 1. The van der Waals surface area contributed by atoms with E-state index in [0.29, 0.717) is 22.9 Å². The lowest BCUT2D eigenvalue weighted by atomic mass is 9.65. The van der Waals surface area contributed by atoms with E-state index < -0.39 is 68.4 Å². The first-order valence-corrected chi connectivity index (χ1v) is 17.5. The number of aliphatic carboxylic acids is 1. The lowest BCUT2D eigenvalue weighted by Gasteiger charge is -2.53. The average Bonchev–Trinajstić information content (AvgIpc) is 3.84. The molecule has 45 heavy (non-hydrogen) atoms. The van der Waals surface area contributed by atoms with Gasteiger partial charge in [0.15, 0.2) is 9.84 Å². The molecule has 238 valence electrons. The van der Waals surface area contributed by atoms with Gasteiger partial charge in [-0.05, 0) is 73.1 Å². The van der Waals surface area contributed by atoms with Crippen molar-refractivity contribution in [1.29, 1.82) is 0 Å². The van der Waals surface area contributed by atoms with Crippen LogP contribution in [0, 0.1) is 17.2 Å². The summed E-state index contributed by atoms with van der Waals surface area (Å²) in [4.78, 5) is 28.8. The highest BCUT2D eigenvalue weighted by Crippen LogP contribution is 2.55. The van der Waals surface area contributed by atoms with Crippen molar-refractivity contribution >= 4 is 44.9 Å². The lowest BCUT2D eigenvalue weighted by molar-refractivity contribution is -0.162. The summed E-state index contributed by atoms with van der Waals surface area (Å²) in [5.74, 6) is -3.14. The van der Waals surface area contributed by atoms with Gasteiger partial charge in [-0.3, -0.25) is 9.59 Å². The topological polar surface area (TPSA) is 91.8 Å². The molecule has 3 aromatic carbocycles. The van der Waals surface area contributed by atoms with Gasteiger partial charge in [0, 0.05) is 27.6 Å². The molecule has 1 aliphatic heterocycles.